The molecule has 1 aliphatic rings. The highest BCUT2D eigenvalue weighted by atomic mass is 16.5. The summed E-state index contributed by atoms with van der Waals surface area (Å²) in [5, 5.41) is 9.61. The molecule has 1 saturated carbocycles. The van der Waals surface area contributed by atoms with Gasteiger partial charge in [-0.1, -0.05) is 62.9 Å². The summed E-state index contributed by atoms with van der Waals surface area (Å²) in [4.78, 5) is 27.7. The predicted octanol–water partition coefficient (Wildman–Crippen LogP) is 7.65. The summed E-state index contributed by atoms with van der Waals surface area (Å²) in [6, 6.07) is 18.7. The molecule has 1 aromatic heterocycles. The van der Waals surface area contributed by atoms with E-state index in [1.807, 2.05) is 24.4 Å². The monoisotopic (exact) mass is 611 g/mol. The van der Waals surface area contributed by atoms with Crippen molar-refractivity contribution in [2.45, 2.75) is 84.0 Å². The zero-order valence-electron chi connectivity index (χ0n) is 26.8. The number of fused-ring (bicyclic) bond motifs is 2. The van der Waals surface area contributed by atoms with Crippen molar-refractivity contribution in [3.8, 4) is 11.5 Å². The molecular weight excluding hydrogens is 562 g/mol. The molecule has 240 valence electrons. The van der Waals surface area contributed by atoms with E-state index in [-0.39, 0.29) is 17.7 Å². The Labute approximate surface area is 267 Å². The Bertz CT molecular complexity index is 1540. The van der Waals surface area contributed by atoms with Gasteiger partial charge in [-0.25, -0.2) is 0 Å². The molecule has 5 rings (SSSR count). The summed E-state index contributed by atoms with van der Waals surface area (Å²) in [5.74, 6) is 2.31. The molecule has 1 heterocycles. The summed E-state index contributed by atoms with van der Waals surface area (Å²) < 4.78 is 12.4. The van der Waals surface area contributed by atoms with Crippen LogP contribution in [0, 0.1) is 5.92 Å². The number of hydrogen-bond acceptors (Lipinski definition) is 4. The Hall–Kier alpha value is -4.00. The minimum atomic E-state index is 0.142. The lowest BCUT2D eigenvalue weighted by Crippen LogP contribution is -2.35. The Morgan fingerprint density at radius 3 is 2.42 bits per heavy atom. The third-order valence-electron chi connectivity index (χ3n) is 8.90. The van der Waals surface area contributed by atoms with Crippen molar-refractivity contribution < 1.29 is 19.1 Å². The number of carbonyl (C=O) groups is 2. The molecule has 0 aliphatic heterocycles. The summed E-state index contributed by atoms with van der Waals surface area (Å²) in [5.41, 5.74) is 3.46. The van der Waals surface area contributed by atoms with Gasteiger partial charge in [-0.15, -0.1) is 0 Å². The van der Waals surface area contributed by atoms with Crippen molar-refractivity contribution in [3.05, 3.63) is 71.9 Å². The van der Waals surface area contributed by atoms with Gasteiger partial charge < -0.3 is 25.1 Å². The topological polar surface area (TPSA) is 92.4 Å². The van der Waals surface area contributed by atoms with E-state index in [1.165, 1.54) is 30.4 Å². The molecule has 7 nitrogen and oxygen atoms in total. The van der Waals surface area contributed by atoms with Crippen LogP contribution in [0.3, 0.4) is 0 Å². The van der Waals surface area contributed by atoms with Gasteiger partial charge in [0.25, 0.3) is 0 Å². The standard InChI is InChI=1S/C38H49N3O4/c1-2-3-4-5-17-36(42)39-22-20-29-12-8-11-28-13-10-16-35(37(28)29)45-25-7-6-24-44-32-18-19-34-33(26-32)31(27-41-34)21-23-40-38(43)30-14-9-15-30/h8,10-13,16,18-19,26-27,30,41H,2-7,9,14-15,17,20-25H2,1H3,(H,39,42)(H,40,43). The maximum atomic E-state index is 12.2. The normalized spacial score (nSPS) is 13.1. The van der Waals surface area contributed by atoms with E-state index in [0.717, 1.165) is 84.5 Å². The second-order valence-electron chi connectivity index (χ2n) is 12.3. The first kappa shape index (κ1) is 32.4. The molecule has 0 bridgehead atoms. The molecule has 1 aliphatic carbocycles. The van der Waals surface area contributed by atoms with Crippen LogP contribution in [-0.2, 0) is 22.4 Å². The van der Waals surface area contributed by atoms with Crippen LogP contribution in [0.4, 0.5) is 0 Å². The fraction of sp³-hybridized carbons (Fsp3) is 0.474. The third kappa shape index (κ3) is 9.25. The van der Waals surface area contributed by atoms with Gasteiger partial charge in [-0.2, -0.15) is 0 Å². The minimum Gasteiger partial charge on any atom is -0.494 e. The number of aromatic nitrogens is 1. The average molecular weight is 612 g/mol. The molecule has 7 heteroatoms. The Morgan fingerprint density at radius 2 is 1.62 bits per heavy atom. The fourth-order valence-corrected chi connectivity index (χ4v) is 6.01. The third-order valence-corrected chi connectivity index (χ3v) is 8.90. The van der Waals surface area contributed by atoms with E-state index in [0.29, 0.717) is 32.7 Å². The Balaban J connectivity index is 1.05. The van der Waals surface area contributed by atoms with E-state index in [4.69, 9.17) is 9.47 Å². The number of H-pyrrole nitrogens is 1. The Kier molecular flexibility index (Phi) is 12.2. The lowest BCUT2D eigenvalue weighted by molar-refractivity contribution is -0.127. The minimum absolute atomic E-state index is 0.142. The molecule has 1 fully saturated rings. The van der Waals surface area contributed by atoms with Crippen molar-refractivity contribution in [2.75, 3.05) is 26.3 Å². The van der Waals surface area contributed by atoms with Gasteiger partial charge in [-0.3, -0.25) is 9.59 Å². The summed E-state index contributed by atoms with van der Waals surface area (Å²) in [6.45, 7) is 4.69. The Morgan fingerprint density at radius 1 is 0.844 bits per heavy atom. The van der Waals surface area contributed by atoms with Crippen LogP contribution in [0.5, 0.6) is 11.5 Å². The number of carbonyl (C=O) groups excluding carboxylic acids is 2. The molecule has 4 aromatic rings. The van der Waals surface area contributed by atoms with E-state index in [9.17, 15) is 9.59 Å². The smallest absolute Gasteiger partial charge is 0.223 e. The summed E-state index contributed by atoms with van der Waals surface area (Å²) >= 11 is 0. The number of ether oxygens (including phenoxy) is 2. The molecule has 0 spiro atoms. The van der Waals surface area contributed by atoms with E-state index in [1.54, 1.807) is 0 Å². The second-order valence-corrected chi connectivity index (χ2v) is 12.3. The first-order valence-electron chi connectivity index (χ1n) is 17.0. The highest BCUT2D eigenvalue weighted by Gasteiger charge is 2.24. The van der Waals surface area contributed by atoms with Crippen molar-refractivity contribution in [1.29, 1.82) is 0 Å². The molecule has 45 heavy (non-hydrogen) atoms. The molecule has 2 amide bonds. The maximum Gasteiger partial charge on any atom is 0.223 e. The van der Waals surface area contributed by atoms with Crippen LogP contribution in [0.15, 0.2) is 60.8 Å². The van der Waals surface area contributed by atoms with E-state index >= 15 is 0 Å². The number of aromatic amines is 1. The summed E-state index contributed by atoms with van der Waals surface area (Å²) in [7, 11) is 0. The van der Waals surface area contributed by atoms with Gasteiger partial charge in [0.05, 0.1) is 13.2 Å². The van der Waals surface area contributed by atoms with Crippen molar-refractivity contribution >= 4 is 33.5 Å². The molecule has 3 N–H and O–H groups in total. The lowest BCUT2D eigenvalue weighted by atomic mass is 9.85. The van der Waals surface area contributed by atoms with Crippen molar-refractivity contribution in [2.24, 2.45) is 5.92 Å². The maximum absolute atomic E-state index is 12.2. The number of amides is 2. The first-order valence-corrected chi connectivity index (χ1v) is 17.0. The highest BCUT2D eigenvalue weighted by molar-refractivity contribution is 5.91. The zero-order valence-corrected chi connectivity index (χ0v) is 26.8. The van der Waals surface area contributed by atoms with Crippen molar-refractivity contribution in [1.82, 2.24) is 15.6 Å². The van der Waals surface area contributed by atoms with Gasteiger partial charge in [0.15, 0.2) is 0 Å². The second kappa shape index (κ2) is 16.9. The first-order chi connectivity index (χ1) is 22.1. The van der Waals surface area contributed by atoms with E-state index < -0.39 is 0 Å². The van der Waals surface area contributed by atoms with Gasteiger partial charge in [0, 0.05) is 47.9 Å². The molecule has 3 aromatic carbocycles. The number of benzene rings is 3. The van der Waals surface area contributed by atoms with Crippen LogP contribution in [0.1, 0.15) is 82.3 Å². The number of nitrogens with one attached hydrogen (secondary N) is 3. The SMILES string of the molecule is CCCCCCC(=O)NCCc1cccc2cccc(OCCCCOc3ccc4[nH]cc(CCNC(=O)C5CCC5)c4c3)c12. The average Bonchev–Trinajstić information content (AvgIpc) is 3.42. The molecule has 0 saturated heterocycles. The number of unbranched alkanes of at least 4 members (excludes halogenated alkanes) is 4. The van der Waals surface area contributed by atoms with Crippen LogP contribution < -0.4 is 20.1 Å². The molecular formula is C38H49N3O4. The zero-order chi connectivity index (χ0) is 31.3. The predicted molar refractivity (Wildman–Crippen MR) is 182 cm³/mol. The quantitative estimate of drug-likeness (QED) is 0.0950. The lowest BCUT2D eigenvalue weighted by Gasteiger charge is -2.23. The van der Waals surface area contributed by atoms with Crippen LogP contribution in [-0.4, -0.2) is 43.1 Å². The van der Waals surface area contributed by atoms with Gasteiger partial charge in [0.1, 0.15) is 11.5 Å². The largest absolute Gasteiger partial charge is 0.494 e. The van der Waals surface area contributed by atoms with Gasteiger partial charge >= 0.3 is 0 Å². The van der Waals surface area contributed by atoms with Crippen LogP contribution in [0.25, 0.3) is 21.7 Å². The molecule has 0 radical (unpaired) electrons. The van der Waals surface area contributed by atoms with E-state index in [2.05, 4.69) is 58.9 Å². The van der Waals surface area contributed by atoms with Crippen LogP contribution >= 0.6 is 0 Å². The fourth-order valence-electron chi connectivity index (χ4n) is 6.01. The van der Waals surface area contributed by atoms with Gasteiger partial charge in [0.2, 0.25) is 11.8 Å². The summed E-state index contributed by atoms with van der Waals surface area (Å²) in [6.07, 6.45) is 13.6. The van der Waals surface area contributed by atoms with Crippen molar-refractivity contribution in [3.63, 3.8) is 0 Å². The molecule has 0 atom stereocenters. The number of rotatable bonds is 19. The number of hydrogen-bond donors (Lipinski definition) is 3. The van der Waals surface area contributed by atoms with Gasteiger partial charge in [-0.05, 0) is 85.7 Å². The molecule has 0 unspecified atom stereocenters. The van der Waals surface area contributed by atoms with Crippen LogP contribution in [0.2, 0.25) is 0 Å². The highest BCUT2D eigenvalue weighted by Crippen LogP contribution is 2.30.